The van der Waals surface area contributed by atoms with Gasteiger partial charge < -0.3 is 9.80 Å². The van der Waals surface area contributed by atoms with E-state index in [4.69, 9.17) is 0 Å². The van der Waals surface area contributed by atoms with Crippen molar-refractivity contribution in [3.63, 3.8) is 0 Å². The summed E-state index contributed by atoms with van der Waals surface area (Å²) < 4.78 is 12.3. The molecule has 1 fully saturated rings. The second kappa shape index (κ2) is 8.06. The SMILES string of the molecule is CC(C)(C)C(=O)N1CCCN(CCS(=O)c2ccccc2)CC1. The van der Waals surface area contributed by atoms with Crippen LogP contribution in [-0.2, 0) is 15.6 Å². The zero-order valence-corrected chi connectivity index (χ0v) is 15.3. The third-order valence-corrected chi connectivity index (χ3v) is 5.47. The van der Waals surface area contributed by atoms with Crippen LogP contribution in [0, 0.1) is 5.41 Å². The van der Waals surface area contributed by atoms with Crippen LogP contribution in [0.4, 0.5) is 0 Å². The van der Waals surface area contributed by atoms with Crippen molar-refractivity contribution in [3.8, 4) is 0 Å². The maximum atomic E-state index is 12.4. The Morgan fingerprint density at radius 1 is 1.09 bits per heavy atom. The van der Waals surface area contributed by atoms with Crippen LogP contribution < -0.4 is 0 Å². The minimum Gasteiger partial charge on any atom is -0.341 e. The van der Waals surface area contributed by atoms with E-state index in [-0.39, 0.29) is 11.3 Å². The number of hydrogen-bond donors (Lipinski definition) is 0. The molecule has 1 aliphatic heterocycles. The van der Waals surface area contributed by atoms with Gasteiger partial charge in [-0.1, -0.05) is 39.0 Å². The Kier molecular flexibility index (Phi) is 6.36. The van der Waals surface area contributed by atoms with Crippen molar-refractivity contribution in [1.29, 1.82) is 0 Å². The molecule has 2 rings (SSSR count). The summed E-state index contributed by atoms with van der Waals surface area (Å²) in [6.45, 7) is 10.2. The second-order valence-electron chi connectivity index (χ2n) is 7.10. The standard InChI is InChI=1S/C18H28N2O2S/c1-18(2,3)17(21)20-11-7-10-19(12-13-20)14-15-23(22)16-8-5-4-6-9-16/h4-6,8-9H,7,10-15H2,1-3H3. The van der Waals surface area contributed by atoms with Gasteiger partial charge in [-0.25, -0.2) is 0 Å². The van der Waals surface area contributed by atoms with Crippen molar-refractivity contribution in [3.05, 3.63) is 30.3 Å². The van der Waals surface area contributed by atoms with Crippen molar-refractivity contribution in [2.24, 2.45) is 5.41 Å². The molecule has 1 saturated heterocycles. The first-order valence-electron chi connectivity index (χ1n) is 8.33. The number of benzene rings is 1. The van der Waals surface area contributed by atoms with E-state index in [9.17, 15) is 9.00 Å². The molecular formula is C18H28N2O2S. The molecule has 23 heavy (non-hydrogen) atoms. The number of amides is 1. The van der Waals surface area contributed by atoms with Crippen LogP contribution in [-0.4, -0.2) is 58.4 Å². The zero-order chi connectivity index (χ0) is 16.9. The normalized spacial score (nSPS) is 18.5. The lowest BCUT2D eigenvalue weighted by molar-refractivity contribution is -0.139. The van der Waals surface area contributed by atoms with Crippen LogP contribution in [0.25, 0.3) is 0 Å². The van der Waals surface area contributed by atoms with Gasteiger partial charge in [0.05, 0.1) is 10.8 Å². The third-order valence-electron chi connectivity index (χ3n) is 4.12. The fourth-order valence-electron chi connectivity index (χ4n) is 2.77. The van der Waals surface area contributed by atoms with E-state index in [1.54, 1.807) is 0 Å². The minimum atomic E-state index is -0.945. The van der Waals surface area contributed by atoms with E-state index in [0.717, 1.165) is 44.0 Å². The topological polar surface area (TPSA) is 40.6 Å². The van der Waals surface area contributed by atoms with E-state index in [1.807, 2.05) is 56.0 Å². The van der Waals surface area contributed by atoms with E-state index in [2.05, 4.69) is 4.90 Å². The Morgan fingerprint density at radius 2 is 1.78 bits per heavy atom. The molecule has 1 amide bonds. The van der Waals surface area contributed by atoms with Crippen LogP contribution >= 0.6 is 0 Å². The predicted molar refractivity (Wildman–Crippen MR) is 94.8 cm³/mol. The van der Waals surface area contributed by atoms with Gasteiger partial charge in [-0.3, -0.25) is 9.00 Å². The maximum Gasteiger partial charge on any atom is 0.227 e. The molecule has 1 aromatic rings. The van der Waals surface area contributed by atoms with E-state index in [0.29, 0.717) is 5.75 Å². The van der Waals surface area contributed by atoms with Gasteiger partial charge in [0.2, 0.25) is 5.91 Å². The van der Waals surface area contributed by atoms with Crippen molar-refractivity contribution in [2.75, 3.05) is 38.5 Å². The fraction of sp³-hybridized carbons (Fsp3) is 0.611. The molecule has 0 bridgehead atoms. The lowest BCUT2D eigenvalue weighted by atomic mass is 9.94. The Balaban J connectivity index is 1.82. The van der Waals surface area contributed by atoms with Crippen LogP contribution in [0.1, 0.15) is 27.2 Å². The molecular weight excluding hydrogens is 308 g/mol. The summed E-state index contributed by atoms with van der Waals surface area (Å²) >= 11 is 0. The summed E-state index contributed by atoms with van der Waals surface area (Å²) in [6.07, 6.45) is 0.986. The number of rotatable bonds is 4. The molecule has 0 N–H and O–H groups in total. The second-order valence-corrected chi connectivity index (χ2v) is 8.67. The van der Waals surface area contributed by atoms with Gasteiger partial charge in [0.25, 0.3) is 0 Å². The van der Waals surface area contributed by atoms with E-state index >= 15 is 0 Å². The Hall–Kier alpha value is -1.20. The van der Waals surface area contributed by atoms with E-state index in [1.165, 1.54) is 0 Å². The first kappa shape index (κ1) is 18.1. The summed E-state index contributed by atoms with van der Waals surface area (Å²) in [7, 11) is -0.945. The highest BCUT2D eigenvalue weighted by Crippen LogP contribution is 2.18. The molecule has 0 spiro atoms. The van der Waals surface area contributed by atoms with E-state index < -0.39 is 10.8 Å². The quantitative estimate of drug-likeness (QED) is 0.847. The Labute approximate surface area is 142 Å². The zero-order valence-electron chi connectivity index (χ0n) is 14.5. The van der Waals surface area contributed by atoms with Crippen LogP contribution in [0.3, 0.4) is 0 Å². The molecule has 1 aliphatic rings. The molecule has 1 heterocycles. The molecule has 0 radical (unpaired) electrons. The maximum absolute atomic E-state index is 12.4. The summed E-state index contributed by atoms with van der Waals surface area (Å²) in [5, 5.41) is 0. The van der Waals surface area contributed by atoms with Gasteiger partial charge in [0.1, 0.15) is 0 Å². The van der Waals surface area contributed by atoms with Crippen molar-refractivity contribution >= 4 is 16.7 Å². The van der Waals surface area contributed by atoms with Crippen molar-refractivity contribution in [2.45, 2.75) is 32.1 Å². The van der Waals surface area contributed by atoms with Gasteiger partial charge >= 0.3 is 0 Å². The number of carbonyl (C=O) groups excluding carboxylic acids is 1. The third kappa shape index (κ3) is 5.43. The number of carbonyl (C=O) groups is 1. The largest absolute Gasteiger partial charge is 0.341 e. The van der Waals surface area contributed by atoms with Crippen molar-refractivity contribution < 1.29 is 9.00 Å². The Bertz CT molecular complexity index is 540. The average Bonchev–Trinajstić information content (AvgIpc) is 2.77. The molecule has 1 aromatic carbocycles. The highest BCUT2D eigenvalue weighted by molar-refractivity contribution is 7.85. The van der Waals surface area contributed by atoms with Gasteiger partial charge in [-0.2, -0.15) is 0 Å². The van der Waals surface area contributed by atoms with Gasteiger partial charge in [0.15, 0.2) is 0 Å². The molecule has 4 nitrogen and oxygen atoms in total. The number of hydrogen-bond acceptors (Lipinski definition) is 3. The molecule has 0 aromatic heterocycles. The molecule has 5 heteroatoms. The highest BCUT2D eigenvalue weighted by atomic mass is 32.2. The highest BCUT2D eigenvalue weighted by Gasteiger charge is 2.28. The minimum absolute atomic E-state index is 0.229. The molecule has 1 atom stereocenters. The smallest absolute Gasteiger partial charge is 0.227 e. The first-order chi connectivity index (χ1) is 10.9. The van der Waals surface area contributed by atoms with Crippen LogP contribution in [0.2, 0.25) is 0 Å². The molecule has 1 unspecified atom stereocenters. The summed E-state index contributed by atoms with van der Waals surface area (Å²) in [5.41, 5.74) is -0.315. The van der Waals surface area contributed by atoms with Crippen LogP contribution in [0.5, 0.6) is 0 Å². The summed E-state index contributed by atoms with van der Waals surface area (Å²) in [6, 6.07) is 9.63. The lowest BCUT2D eigenvalue weighted by Gasteiger charge is -2.28. The number of nitrogens with zero attached hydrogens (tertiary/aromatic N) is 2. The average molecular weight is 337 g/mol. The fourth-order valence-corrected chi connectivity index (χ4v) is 3.89. The predicted octanol–water partition coefficient (Wildman–Crippen LogP) is 2.37. The van der Waals surface area contributed by atoms with Gasteiger partial charge in [-0.15, -0.1) is 0 Å². The van der Waals surface area contributed by atoms with Gasteiger partial charge in [0, 0.05) is 42.2 Å². The Morgan fingerprint density at radius 3 is 2.43 bits per heavy atom. The summed E-state index contributed by atoms with van der Waals surface area (Å²) in [5.74, 6) is 0.879. The molecule has 0 aliphatic carbocycles. The van der Waals surface area contributed by atoms with Gasteiger partial charge in [-0.05, 0) is 25.1 Å². The van der Waals surface area contributed by atoms with Crippen molar-refractivity contribution in [1.82, 2.24) is 9.80 Å². The lowest BCUT2D eigenvalue weighted by Crippen LogP contribution is -2.41. The summed E-state index contributed by atoms with van der Waals surface area (Å²) in [4.78, 5) is 17.6. The monoisotopic (exact) mass is 336 g/mol. The molecule has 0 saturated carbocycles. The first-order valence-corrected chi connectivity index (χ1v) is 9.65. The van der Waals surface area contributed by atoms with Crippen LogP contribution in [0.15, 0.2) is 35.2 Å². The molecule has 128 valence electrons.